The second-order valence-corrected chi connectivity index (χ2v) is 1.94. The maximum atomic E-state index is 10.1. The summed E-state index contributed by atoms with van der Waals surface area (Å²) in [5.41, 5.74) is 5.16. The first kappa shape index (κ1) is 9.95. The number of carbonyl (C=O) groups is 1. The molecule has 0 rings (SSSR count). The van der Waals surface area contributed by atoms with E-state index in [4.69, 9.17) is 10.8 Å². The molecule has 0 aliphatic carbocycles. The zero-order valence-electron chi connectivity index (χ0n) is 6.33. The summed E-state index contributed by atoms with van der Waals surface area (Å²) in [6.07, 6.45) is 0.165. The molecule has 0 aliphatic rings. The van der Waals surface area contributed by atoms with Gasteiger partial charge < -0.3 is 15.6 Å². The molecule has 0 fully saturated rings. The van der Waals surface area contributed by atoms with Crippen LogP contribution in [0.3, 0.4) is 0 Å². The Kier molecular flexibility index (Phi) is 5.17. The van der Waals surface area contributed by atoms with Gasteiger partial charge >= 0.3 is 5.97 Å². The van der Waals surface area contributed by atoms with Crippen molar-refractivity contribution in [3.05, 3.63) is 0 Å². The van der Waals surface area contributed by atoms with Gasteiger partial charge in [0.05, 0.1) is 0 Å². The molecule has 0 heterocycles. The minimum atomic E-state index is -1.03. The van der Waals surface area contributed by atoms with E-state index in [0.717, 1.165) is 0 Å². The summed E-state index contributed by atoms with van der Waals surface area (Å²) in [6, 6.07) is -0.889. The van der Waals surface area contributed by atoms with E-state index in [1.807, 2.05) is 0 Å². The first-order valence-electron chi connectivity index (χ1n) is 3.11. The molecule has 0 saturated carbocycles. The Morgan fingerprint density at radius 3 is 2.82 bits per heavy atom. The third-order valence-corrected chi connectivity index (χ3v) is 0.981. The van der Waals surface area contributed by atoms with Crippen molar-refractivity contribution in [3.63, 3.8) is 0 Å². The number of aliphatic carboxylic acids is 1. The van der Waals surface area contributed by atoms with Gasteiger partial charge in [-0.3, -0.25) is 4.79 Å². The van der Waals surface area contributed by atoms with Crippen LogP contribution >= 0.6 is 0 Å². The van der Waals surface area contributed by atoms with Crippen molar-refractivity contribution in [2.75, 3.05) is 13.7 Å². The van der Waals surface area contributed by atoms with Gasteiger partial charge in [0.15, 0.2) is 0 Å². The third kappa shape index (κ3) is 5.40. The van der Waals surface area contributed by atoms with E-state index in [0.29, 0.717) is 6.61 Å². The van der Waals surface area contributed by atoms with Crippen molar-refractivity contribution >= 4 is 5.97 Å². The number of hydrogen-bond donors (Lipinski definition) is 2. The summed E-state index contributed by atoms with van der Waals surface area (Å²) in [6.45, 7) is 0.312. The van der Waals surface area contributed by atoms with Crippen LogP contribution in [-0.2, 0) is 9.53 Å². The summed E-state index contributed by atoms with van der Waals surface area (Å²) in [5.74, 6) is 4.16. The maximum Gasteiger partial charge on any atom is 0.321 e. The molecule has 0 spiro atoms. The Bertz CT molecular complexity index is 180. The molecule has 62 valence electrons. The fraction of sp³-hybridized carbons (Fsp3) is 0.571. The Morgan fingerprint density at radius 2 is 2.36 bits per heavy atom. The van der Waals surface area contributed by atoms with Crippen LogP contribution in [0.25, 0.3) is 0 Å². The van der Waals surface area contributed by atoms with Crippen LogP contribution in [0, 0.1) is 11.8 Å². The molecule has 4 nitrogen and oxygen atoms in total. The molecule has 0 aromatic rings. The molecule has 0 amide bonds. The van der Waals surface area contributed by atoms with Gasteiger partial charge in [0, 0.05) is 13.5 Å². The summed E-state index contributed by atoms with van der Waals surface area (Å²) >= 11 is 0. The van der Waals surface area contributed by atoms with Crippen LogP contribution in [0.1, 0.15) is 6.42 Å². The molecular weight excluding hydrogens is 146 g/mol. The lowest BCUT2D eigenvalue weighted by Crippen LogP contribution is -2.29. The van der Waals surface area contributed by atoms with Gasteiger partial charge in [0.2, 0.25) is 0 Å². The fourth-order valence-electron chi connectivity index (χ4n) is 0.393. The van der Waals surface area contributed by atoms with Crippen LogP contribution in [0.15, 0.2) is 0 Å². The standard InChI is InChI=1S/C7H11NO3/c1-11-5-3-2-4-6(8)7(9)10/h6H,4-5,8H2,1H3,(H,9,10). The first-order valence-corrected chi connectivity index (χ1v) is 3.11. The molecular formula is C7H11NO3. The molecule has 1 unspecified atom stereocenters. The van der Waals surface area contributed by atoms with Gasteiger partial charge in [-0.1, -0.05) is 11.8 Å². The number of nitrogens with two attached hydrogens (primary N) is 1. The SMILES string of the molecule is COCC#CCC(N)C(=O)O. The van der Waals surface area contributed by atoms with E-state index >= 15 is 0 Å². The van der Waals surface area contributed by atoms with Crippen LogP contribution in [0.5, 0.6) is 0 Å². The van der Waals surface area contributed by atoms with Crippen molar-refractivity contribution in [3.8, 4) is 11.8 Å². The lowest BCUT2D eigenvalue weighted by atomic mass is 10.2. The lowest BCUT2D eigenvalue weighted by molar-refractivity contribution is -0.138. The third-order valence-electron chi connectivity index (χ3n) is 0.981. The van der Waals surface area contributed by atoms with E-state index in [9.17, 15) is 4.79 Å². The molecule has 0 saturated heterocycles. The van der Waals surface area contributed by atoms with E-state index in [2.05, 4.69) is 16.6 Å². The van der Waals surface area contributed by atoms with Crippen LogP contribution in [-0.4, -0.2) is 30.8 Å². The maximum absolute atomic E-state index is 10.1. The highest BCUT2D eigenvalue weighted by molar-refractivity contribution is 5.73. The zero-order chi connectivity index (χ0) is 8.69. The van der Waals surface area contributed by atoms with Crippen LogP contribution in [0.4, 0.5) is 0 Å². The highest BCUT2D eigenvalue weighted by Gasteiger charge is 2.07. The summed E-state index contributed by atoms with van der Waals surface area (Å²) in [7, 11) is 1.52. The lowest BCUT2D eigenvalue weighted by Gasteiger charge is -1.97. The monoisotopic (exact) mass is 157 g/mol. The van der Waals surface area contributed by atoms with Gasteiger partial charge in [0.1, 0.15) is 12.6 Å². The molecule has 0 radical (unpaired) electrons. The Balaban J connectivity index is 3.55. The first-order chi connectivity index (χ1) is 5.18. The van der Waals surface area contributed by atoms with E-state index < -0.39 is 12.0 Å². The summed E-state index contributed by atoms with van der Waals surface area (Å²) in [5, 5.41) is 8.31. The summed E-state index contributed by atoms with van der Waals surface area (Å²) in [4.78, 5) is 10.1. The quantitative estimate of drug-likeness (QED) is 0.538. The molecule has 0 aliphatic heterocycles. The number of ether oxygens (including phenoxy) is 1. The highest BCUT2D eigenvalue weighted by atomic mass is 16.5. The van der Waals surface area contributed by atoms with Crippen molar-refractivity contribution in [2.45, 2.75) is 12.5 Å². The highest BCUT2D eigenvalue weighted by Crippen LogP contribution is 1.84. The van der Waals surface area contributed by atoms with Crippen molar-refractivity contribution in [1.29, 1.82) is 0 Å². The molecule has 11 heavy (non-hydrogen) atoms. The van der Waals surface area contributed by atoms with E-state index in [1.54, 1.807) is 0 Å². The molecule has 0 aromatic heterocycles. The van der Waals surface area contributed by atoms with E-state index in [1.165, 1.54) is 7.11 Å². The number of methoxy groups -OCH3 is 1. The largest absolute Gasteiger partial charge is 0.480 e. The Morgan fingerprint density at radius 1 is 1.73 bits per heavy atom. The van der Waals surface area contributed by atoms with Crippen molar-refractivity contribution < 1.29 is 14.6 Å². The minimum absolute atomic E-state index is 0.165. The Labute approximate surface area is 65.3 Å². The predicted octanol–water partition coefficient (Wildman–Crippen LogP) is -0.562. The smallest absolute Gasteiger partial charge is 0.321 e. The van der Waals surface area contributed by atoms with Crippen molar-refractivity contribution in [2.24, 2.45) is 5.73 Å². The predicted molar refractivity (Wildman–Crippen MR) is 39.9 cm³/mol. The van der Waals surface area contributed by atoms with Gasteiger partial charge in [-0.2, -0.15) is 0 Å². The second kappa shape index (κ2) is 5.71. The number of carboxylic acid groups (broad SMARTS) is 1. The average Bonchev–Trinajstić information content (AvgIpc) is 1.97. The molecule has 3 N–H and O–H groups in total. The minimum Gasteiger partial charge on any atom is -0.480 e. The van der Waals surface area contributed by atoms with Gasteiger partial charge in [0.25, 0.3) is 0 Å². The Hall–Kier alpha value is -1.05. The van der Waals surface area contributed by atoms with E-state index in [-0.39, 0.29) is 6.42 Å². The fourth-order valence-corrected chi connectivity index (χ4v) is 0.393. The van der Waals surface area contributed by atoms with Crippen LogP contribution in [0.2, 0.25) is 0 Å². The normalized spacial score (nSPS) is 11.5. The van der Waals surface area contributed by atoms with Gasteiger partial charge in [-0.25, -0.2) is 0 Å². The molecule has 1 atom stereocenters. The van der Waals surface area contributed by atoms with Crippen molar-refractivity contribution in [1.82, 2.24) is 0 Å². The van der Waals surface area contributed by atoms with Gasteiger partial charge in [-0.15, -0.1) is 0 Å². The molecule has 4 heteroatoms. The number of carboxylic acids is 1. The van der Waals surface area contributed by atoms with Gasteiger partial charge in [-0.05, 0) is 0 Å². The molecule has 0 bridgehead atoms. The average molecular weight is 157 g/mol. The number of hydrogen-bond acceptors (Lipinski definition) is 3. The van der Waals surface area contributed by atoms with Crippen LogP contribution < -0.4 is 5.73 Å². The topological polar surface area (TPSA) is 72.5 Å². The molecule has 0 aromatic carbocycles. The second-order valence-electron chi connectivity index (χ2n) is 1.94. The zero-order valence-corrected chi connectivity index (χ0v) is 6.33. The summed E-state index contributed by atoms with van der Waals surface area (Å²) < 4.78 is 4.62. The number of rotatable bonds is 3.